The third-order valence-electron chi connectivity index (χ3n) is 4.48. The van der Waals surface area contributed by atoms with Crippen LogP contribution < -0.4 is 5.32 Å². The van der Waals surface area contributed by atoms with Crippen molar-refractivity contribution in [2.24, 2.45) is 0 Å². The molecule has 2 aliphatic rings. The summed E-state index contributed by atoms with van der Waals surface area (Å²) in [5.74, 6) is -0.188. The van der Waals surface area contributed by atoms with E-state index in [0.29, 0.717) is 23.7 Å². The molecule has 3 rings (SSSR count). The molecular formula is C16H21ClN2O2. The highest BCUT2D eigenvalue weighted by Crippen LogP contribution is 2.39. The third kappa shape index (κ3) is 2.87. The molecule has 1 saturated heterocycles. The first-order valence-corrected chi connectivity index (χ1v) is 7.80. The smallest absolute Gasteiger partial charge is 0.332 e. The Balaban J connectivity index is 1.84. The van der Waals surface area contributed by atoms with Gasteiger partial charge in [0.2, 0.25) is 0 Å². The van der Waals surface area contributed by atoms with Gasteiger partial charge in [-0.15, -0.1) is 0 Å². The van der Waals surface area contributed by atoms with Gasteiger partial charge in [0, 0.05) is 29.3 Å². The van der Waals surface area contributed by atoms with E-state index in [1.807, 2.05) is 24.3 Å². The summed E-state index contributed by atoms with van der Waals surface area (Å²) in [5, 5.41) is 4.09. The number of carbonyl (C=O) groups is 1. The summed E-state index contributed by atoms with van der Waals surface area (Å²) in [4.78, 5) is 14.8. The van der Waals surface area contributed by atoms with Gasteiger partial charge in [-0.3, -0.25) is 4.90 Å². The lowest BCUT2D eigenvalue weighted by atomic mass is 9.95. The molecule has 4 nitrogen and oxygen atoms in total. The molecule has 1 N–H and O–H groups in total. The van der Waals surface area contributed by atoms with Crippen LogP contribution >= 0.6 is 11.6 Å². The van der Waals surface area contributed by atoms with Gasteiger partial charge in [-0.1, -0.05) is 11.6 Å². The Kier molecular flexibility index (Phi) is 3.84. The molecule has 1 aromatic carbocycles. The molecule has 1 saturated carbocycles. The number of methoxy groups -OCH3 is 1. The van der Waals surface area contributed by atoms with E-state index in [4.69, 9.17) is 16.3 Å². The summed E-state index contributed by atoms with van der Waals surface area (Å²) in [6.45, 7) is 2.89. The molecule has 0 aromatic heterocycles. The van der Waals surface area contributed by atoms with Gasteiger partial charge >= 0.3 is 5.97 Å². The van der Waals surface area contributed by atoms with Crippen LogP contribution in [-0.2, 0) is 9.53 Å². The Morgan fingerprint density at radius 2 is 2.05 bits per heavy atom. The molecule has 5 heteroatoms. The van der Waals surface area contributed by atoms with E-state index in [1.165, 1.54) is 20.0 Å². The van der Waals surface area contributed by atoms with E-state index >= 15 is 0 Å². The standard InChI is InChI=1S/C16H21ClN2O2/c1-11-9-16(15(20)21-2,10-19(11)14-7-8-14)18-13-5-3-12(17)4-6-13/h3-6,11,14,18H,7-10H2,1-2H3. The Bertz CT molecular complexity index is 530. The van der Waals surface area contributed by atoms with E-state index in [-0.39, 0.29) is 5.97 Å². The van der Waals surface area contributed by atoms with Crippen molar-refractivity contribution in [3.05, 3.63) is 29.3 Å². The zero-order valence-corrected chi connectivity index (χ0v) is 13.2. The van der Waals surface area contributed by atoms with E-state index in [1.54, 1.807) is 0 Å². The van der Waals surface area contributed by atoms with Gasteiger partial charge < -0.3 is 10.1 Å². The van der Waals surface area contributed by atoms with Crippen LogP contribution in [0.4, 0.5) is 5.69 Å². The van der Waals surface area contributed by atoms with Crippen molar-refractivity contribution in [2.45, 2.75) is 43.8 Å². The fourth-order valence-electron chi connectivity index (χ4n) is 3.34. The van der Waals surface area contributed by atoms with Gasteiger partial charge in [0.25, 0.3) is 0 Å². The zero-order chi connectivity index (χ0) is 15.0. The Hall–Kier alpha value is -1.26. The molecule has 2 atom stereocenters. The molecule has 1 aliphatic heterocycles. The average molecular weight is 309 g/mol. The second-order valence-corrected chi connectivity index (χ2v) is 6.60. The first-order chi connectivity index (χ1) is 10.0. The monoisotopic (exact) mass is 308 g/mol. The van der Waals surface area contributed by atoms with Crippen molar-refractivity contribution in [2.75, 3.05) is 19.0 Å². The number of nitrogens with zero attached hydrogens (tertiary/aromatic N) is 1. The number of hydrogen-bond donors (Lipinski definition) is 1. The lowest BCUT2D eigenvalue weighted by molar-refractivity contribution is -0.145. The van der Waals surface area contributed by atoms with Gasteiger partial charge in [-0.05, 0) is 50.5 Å². The van der Waals surface area contributed by atoms with E-state index in [9.17, 15) is 4.79 Å². The molecular weight excluding hydrogens is 288 g/mol. The van der Waals surface area contributed by atoms with Crippen LogP contribution in [0.2, 0.25) is 5.02 Å². The second kappa shape index (κ2) is 5.50. The van der Waals surface area contributed by atoms with Crippen LogP contribution in [0.25, 0.3) is 0 Å². The van der Waals surface area contributed by atoms with Crippen molar-refractivity contribution >= 4 is 23.3 Å². The lowest BCUT2D eigenvalue weighted by Gasteiger charge is -2.29. The van der Waals surface area contributed by atoms with Crippen LogP contribution in [-0.4, -0.2) is 42.1 Å². The number of rotatable bonds is 4. The van der Waals surface area contributed by atoms with Gasteiger partial charge in [-0.25, -0.2) is 4.79 Å². The molecule has 0 spiro atoms. The molecule has 0 radical (unpaired) electrons. The van der Waals surface area contributed by atoms with Crippen LogP contribution in [0.1, 0.15) is 26.2 Å². The molecule has 21 heavy (non-hydrogen) atoms. The van der Waals surface area contributed by atoms with Crippen molar-refractivity contribution < 1.29 is 9.53 Å². The Morgan fingerprint density at radius 1 is 1.38 bits per heavy atom. The summed E-state index contributed by atoms with van der Waals surface area (Å²) in [6.07, 6.45) is 3.24. The minimum atomic E-state index is -0.662. The number of likely N-dealkylation sites (tertiary alicyclic amines) is 1. The van der Waals surface area contributed by atoms with Crippen LogP contribution in [0.15, 0.2) is 24.3 Å². The maximum Gasteiger partial charge on any atom is 0.332 e. The van der Waals surface area contributed by atoms with Crippen molar-refractivity contribution in [3.63, 3.8) is 0 Å². The predicted molar refractivity (Wildman–Crippen MR) is 83.6 cm³/mol. The fourth-order valence-corrected chi connectivity index (χ4v) is 3.47. The highest BCUT2D eigenvalue weighted by atomic mass is 35.5. The van der Waals surface area contributed by atoms with Gasteiger partial charge in [0.1, 0.15) is 5.54 Å². The highest BCUT2D eigenvalue weighted by Gasteiger charge is 2.52. The molecule has 2 fully saturated rings. The number of halogens is 1. The topological polar surface area (TPSA) is 41.6 Å². The molecule has 114 valence electrons. The number of esters is 1. The van der Waals surface area contributed by atoms with E-state index in [0.717, 1.165) is 12.1 Å². The Labute approximate surface area is 130 Å². The van der Waals surface area contributed by atoms with Crippen LogP contribution in [0.3, 0.4) is 0 Å². The van der Waals surface area contributed by atoms with E-state index < -0.39 is 5.54 Å². The lowest BCUT2D eigenvalue weighted by Crippen LogP contribution is -2.49. The quantitative estimate of drug-likeness (QED) is 0.868. The summed E-state index contributed by atoms with van der Waals surface area (Å²) in [5.41, 5.74) is 0.236. The maximum absolute atomic E-state index is 12.4. The Morgan fingerprint density at radius 3 is 2.62 bits per heavy atom. The van der Waals surface area contributed by atoms with Gasteiger partial charge in [0.05, 0.1) is 7.11 Å². The molecule has 0 amide bonds. The number of nitrogens with one attached hydrogen (secondary N) is 1. The molecule has 2 unspecified atom stereocenters. The summed E-state index contributed by atoms with van der Waals surface area (Å²) in [7, 11) is 1.46. The summed E-state index contributed by atoms with van der Waals surface area (Å²) < 4.78 is 5.08. The summed E-state index contributed by atoms with van der Waals surface area (Å²) >= 11 is 5.92. The first-order valence-electron chi connectivity index (χ1n) is 7.42. The normalized spacial score (nSPS) is 29.4. The summed E-state index contributed by atoms with van der Waals surface area (Å²) in [6, 6.07) is 8.47. The van der Waals surface area contributed by atoms with Crippen molar-refractivity contribution in [3.8, 4) is 0 Å². The molecule has 0 bridgehead atoms. The van der Waals surface area contributed by atoms with Crippen molar-refractivity contribution in [1.82, 2.24) is 4.90 Å². The number of carbonyl (C=O) groups excluding carboxylic acids is 1. The third-order valence-corrected chi connectivity index (χ3v) is 4.73. The zero-order valence-electron chi connectivity index (χ0n) is 12.4. The largest absolute Gasteiger partial charge is 0.467 e. The predicted octanol–water partition coefficient (Wildman–Crippen LogP) is 2.92. The minimum absolute atomic E-state index is 0.188. The molecule has 1 aromatic rings. The number of hydrogen-bond acceptors (Lipinski definition) is 4. The van der Waals surface area contributed by atoms with Crippen LogP contribution in [0.5, 0.6) is 0 Å². The number of benzene rings is 1. The SMILES string of the molecule is COC(=O)C1(Nc2ccc(Cl)cc2)CC(C)N(C2CC2)C1. The van der Waals surface area contributed by atoms with E-state index in [2.05, 4.69) is 17.1 Å². The second-order valence-electron chi connectivity index (χ2n) is 6.16. The van der Waals surface area contributed by atoms with Crippen molar-refractivity contribution in [1.29, 1.82) is 0 Å². The maximum atomic E-state index is 12.4. The number of anilines is 1. The average Bonchev–Trinajstić information content (AvgIpc) is 3.26. The van der Waals surface area contributed by atoms with Crippen LogP contribution in [0, 0.1) is 0 Å². The minimum Gasteiger partial charge on any atom is -0.467 e. The van der Waals surface area contributed by atoms with Gasteiger partial charge in [-0.2, -0.15) is 0 Å². The number of ether oxygens (including phenoxy) is 1. The molecule has 1 aliphatic carbocycles. The highest BCUT2D eigenvalue weighted by molar-refractivity contribution is 6.30. The first kappa shape index (κ1) is 14.7. The fraction of sp³-hybridized carbons (Fsp3) is 0.562. The van der Waals surface area contributed by atoms with Gasteiger partial charge in [0.15, 0.2) is 0 Å². The molecule has 1 heterocycles.